The van der Waals surface area contributed by atoms with Gasteiger partial charge >= 0.3 is 0 Å². The van der Waals surface area contributed by atoms with E-state index in [-0.39, 0.29) is 12.4 Å². The number of rotatable bonds is 3. The lowest BCUT2D eigenvalue weighted by atomic mass is 10.4. The van der Waals surface area contributed by atoms with Gasteiger partial charge in [0.05, 0.1) is 5.69 Å². The Hall–Kier alpha value is -1.13. The zero-order valence-electron chi connectivity index (χ0n) is 7.91. The Balaban J connectivity index is 0.00000112. The number of thioether (sulfide) groups is 1. The summed E-state index contributed by atoms with van der Waals surface area (Å²) in [5.74, 6) is 0.810. The fourth-order valence-corrected chi connectivity index (χ4v) is 1.70. The van der Waals surface area contributed by atoms with E-state index in [1.165, 1.54) is 0 Å². The van der Waals surface area contributed by atoms with Crippen LogP contribution in [0.15, 0.2) is 48.0 Å². The SMILES string of the molecule is Cl.c1ccc(CSc2ncccn2)nc1. The van der Waals surface area contributed by atoms with Gasteiger partial charge in [-0.1, -0.05) is 17.8 Å². The van der Waals surface area contributed by atoms with E-state index in [9.17, 15) is 0 Å². The summed E-state index contributed by atoms with van der Waals surface area (Å²) in [4.78, 5) is 12.5. The second kappa shape index (κ2) is 6.37. The van der Waals surface area contributed by atoms with Crippen molar-refractivity contribution in [2.45, 2.75) is 10.9 Å². The largest absolute Gasteiger partial charge is 0.260 e. The quantitative estimate of drug-likeness (QED) is 0.610. The van der Waals surface area contributed by atoms with Crippen LogP contribution in [0.4, 0.5) is 0 Å². The summed E-state index contributed by atoms with van der Waals surface area (Å²) in [6.07, 6.45) is 5.28. The van der Waals surface area contributed by atoms with Crippen molar-refractivity contribution in [2.24, 2.45) is 0 Å². The van der Waals surface area contributed by atoms with Gasteiger partial charge in [0.25, 0.3) is 0 Å². The Labute approximate surface area is 98.8 Å². The highest BCUT2D eigenvalue weighted by Crippen LogP contribution is 2.16. The van der Waals surface area contributed by atoms with Crippen molar-refractivity contribution in [2.75, 3.05) is 0 Å². The summed E-state index contributed by atoms with van der Waals surface area (Å²) in [7, 11) is 0. The molecule has 3 nitrogen and oxygen atoms in total. The average molecular weight is 240 g/mol. The Morgan fingerprint density at radius 2 is 1.67 bits per heavy atom. The fraction of sp³-hybridized carbons (Fsp3) is 0.100. The number of aromatic nitrogens is 3. The number of hydrogen-bond acceptors (Lipinski definition) is 4. The van der Waals surface area contributed by atoms with Gasteiger partial charge in [0.1, 0.15) is 0 Å². The summed E-state index contributed by atoms with van der Waals surface area (Å²) >= 11 is 1.59. The highest BCUT2D eigenvalue weighted by Gasteiger charge is 1.97. The van der Waals surface area contributed by atoms with Gasteiger partial charge in [-0.2, -0.15) is 0 Å². The lowest BCUT2D eigenvalue weighted by Gasteiger charge is -1.98. The molecule has 0 aromatic carbocycles. The van der Waals surface area contributed by atoms with Gasteiger partial charge in [0.15, 0.2) is 5.16 Å². The molecule has 0 aliphatic rings. The smallest absolute Gasteiger partial charge is 0.187 e. The number of hydrogen-bond donors (Lipinski definition) is 0. The minimum absolute atomic E-state index is 0. The fourth-order valence-electron chi connectivity index (χ4n) is 0.982. The lowest BCUT2D eigenvalue weighted by molar-refractivity contribution is 0.964. The van der Waals surface area contributed by atoms with Crippen molar-refractivity contribution < 1.29 is 0 Å². The van der Waals surface area contributed by atoms with E-state index in [1.54, 1.807) is 30.4 Å². The Morgan fingerprint density at radius 1 is 0.933 bits per heavy atom. The zero-order valence-corrected chi connectivity index (χ0v) is 9.54. The Bertz CT molecular complexity index is 343. The molecular weight excluding hydrogens is 230 g/mol. The first-order chi connectivity index (χ1) is 6.95. The van der Waals surface area contributed by atoms with Crippen LogP contribution in [-0.2, 0) is 5.75 Å². The molecule has 0 unspecified atom stereocenters. The van der Waals surface area contributed by atoms with E-state index in [0.29, 0.717) is 0 Å². The molecule has 2 aromatic heterocycles. The van der Waals surface area contributed by atoms with Crippen molar-refractivity contribution in [3.8, 4) is 0 Å². The monoisotopic (exact) mass is 239 g/mol. The van der Waals surface area contributed by atoms with Crippen molar-refractivity contribution in [3.63, 3.8) is 0 Å². The molecule has 0 radical (unpaired) electrons. The molecule has 0 fully saturated rings. The van der Waals surface area contributed by atoms with E-state index in [4.69, 9.17) is 0 Å². The van der Waals surface area contributed by atoms with Crippen LogP contribution in [0.1, 0.15) is 5.69 Å². The maximum absolute atomic E-state index is 4.22. The molecular formula is C10H10ClN3S. The van der Waals surface area contributed by atoms with Gasteiger partial charge in [-0.05, 0) is 18.2 Å². The summed E-state index contributed by atoms with van der Waals surface area (Å²) in [5.41, 5.74) is 1.05. The van der Waals surface area contributed by atoms with E-state index < -0.39 is 0 Å². The molecule has 0 saturated heterocycles. The van der Waals surface area contributed by atoms with Crippen LogP contribution in [0.5, 0.6) is 0 Å². The first kappa shape index (κ1) is 11.9. The van der Waals surface area contributed by atoms with Crippen LogP contribution >= 0.6 is 24.2 Å². The summed E-state index contributed by atoms with van der Waals surface area (Å²) in [6.45, 7) is 0. The maximum atomic E-state index is 4.22. The molecule has 0 aliphatic heterocycles. The van der Waals surface area contributed by atoms with Gasteiger partial charge in [-0.15, -0.1) is 12.4 Å². The molecule has 0 bridgehead atoms. The van der Waals surface area contributed by atoms with Crippen LogP contribution in [-0.4, -0.2) is 15.0 Å². The van der Waals surface area contributed by atoms with Gasteiger partial charge in [-0.25, -0.2) is 9.97 Å². The predicted octanol–water partition coefficient (Wildman–Crippen LogP) is 2.59. The highest BCUT2D eigenvalue weighted by atomic mass is 35.5. The topological polar surface area (TPSA) is 38.7 Å². The second-order valence-electron chi connectivity index (χ2n) is 2.64. The molecule has 0 amide bonds. The highest BCUT2D eigenvalue weighted by molar-refractivity contribution is 7.98. The van der Waals surface area contributed by atoms with E-state index in [0.717, 1.165) is 16.6 Å². The van der Waals surface area contributed by atoms with Crippen LogP contribution in [0.25, 0.3) is 0 Å². The second-order valence-corrected chi connectivity index (χ2v) is 3.58. The van der Waals surface area contributed by atoms with Gasteiger partial charge in [0.2, 0.25) is 0 Å². The van der Waals surface area contributed by atoms with Crippen LogP contribution in [0.2, 0.25) is 0 Å². The van der Waals surface area contributed by atoms with Gasteiger partial charge in [-0.3, -0.25) is 4.98 Å². The average Bonchev–Trinajstić information content (AvgIpc) is 2.29. The molecule has 0 aliphatic carbocycles. The van der Waals surface area contributed by atoms with Gasteiger partial charge in [0, 0.05) is 24.3 Å². The predicted molar refractivity (Wildman–Crippen MR) is 63.1 cm³/mol. The van der Waals surface area contributed by atoms with Crippen molar-refractivity contribution in [3.05, 3.63) is 48.5 Å². The van der Waals surface area contributed by atoms with Crippen molar-refractivity contribution >= 4 is 24.2 Å². The zero-order chi connectivity index (χ0) is 9.64. The van der Waals surface area contributed by atoms with E-state index in [2.05, 4.69) is 15.0 Å². The van der Waals surface area contributed by atoms with Crippen molar-refractivity contribution in [1.82, 2.24) is 15.0 Å². The molecule has 0 N–H and O–H groups in total. The van der Waals surface area contributed by atoms with Gasteiger partial charge < -0.3 is 0 Å². The molecule has 78 valence electrons. The summed E-state index contributed by atoms with van der Waals surface area (Å²) in [6, 6.07) is 7.70. The molecule has 2 heterocycles. The molecule has 2 rings (SSSR count). The van der Waals surface area contributed by atoms with Crippen LogP contribution in [0.3, 0.4) is 0 Å². The number of halogens is 1. The first-order valence-corrected chi connectivity index (χ1v) is 5.23. The lowest BCUT2D eigenvalue weighted by Crippen LogP contribution is -1.87. The van der Waals surface area contributed by atoms with Crippen LogP contribution < -0.4 is 0 Å². The summed E-state index contributed by atoms with van der Waals surface area (Å²) < 4.78 is 0. The number of nitrogens with zero attached hydrogens (tertiary/aromatic N) is 3. The van der Waals surface area contributed by atoms with E-state index >= 15 is 0 Å². The van der Waals surface area contributed by atoms with Crippen molar-refractivity contribution in [1.29, 1.82) is 0 Å². The third-order valence-electron chi connectivity index (χ3n) is 1.62. The molecule has 5 heteroatoms. The number of pyridine rings is 1. The Kier molecular flexibility index (Phi) is 5.07. The summed E-state index contributed by atoms with van der Waals surface area (Å²) in [5, 5.41) is 0.790. The standard InChI is InChI=1S/C10H9N3S.ClH/c1-2-5-11-9(4-1)8-14-10-12-6-3-7-13-10;/h1-7H,8H2;1H. The minimum atomic E-state index is 0. The molecule has 0 spiro atoms. The molecule has 0 atom stereocenters. The first-order valence-electron chi connectivity index (χ1n) is 4.25. The van der Waals surface area contributed by atoms with E-state index in [1.807, 2.05) is 24.3 Å². The molecule has 0 saturated carbocycles. The normalized spacial score (nSPS) is 9.33. The maximum Gasteiger partial charge on any atom is 0.187 e. The third kappa shape index (κ3) is 3.85. The third-order valence-corrected chi connectivity index (χ3v) is 2.53. The molecule has 2 aromatic rings. The minimum Gasteiger partial charge on any atom is -0.260 e. The van der Waals surface area contributed by atoms with Crippen LogP contribution in [0, 0.1) is 0 Å². The Morgan fingerprint density at radius 3 is 2.33 bits per heavy atom. The molecule has 15 heavy (non-hydrogen) atoms.